The van der Waals surface area contributed by atoms with Gasteiger partial charge in [0, 0.05) is 0 Å². The third-order valence-corrected chi connectivity index (χ3v) is 2.38. The molecule has 0 atom stereocenters. The van der Waals surface area contributed by atoms with Gasteiger partial charge in [-0.15, -0.1) is 10.2 Å². The van der Waals surface area contributed by atoms with Crippen LogP contribution in [-0.4, -0.2) is 15.7 Å². The van der Waals surface area contributed by atoms with Crippen LogP contribution >= 0.6 is 0 Å². The van der Waals surface area contributed by atoms with Crippen LogP contribution in [0.25, 0.3) is 11.5 Å². The Morgan fingerprint density at radius 1 is 1.22 bits per heavy atom. The van der Waals surface area contributed by atoms with Gasteiger partial charge in [-0.2, -0.15) is 5.26 Å². The minimum atomic E-state index is -0.669. The Labute approximate surface area is 105 Å². The molecular formula is C13H14N4O. The summed E-state index contributed by atoms with van der Waals surface area (Å²) >= 11 is 0. The lowest BCUT2D eigenvalue weighted by molar-refractivity contribution is 0.545. The van der Waals surface area contributed by atoms with E-state index in [1.54, 1.807) is 26.0 Å². The predicted octanol–water partition coefficient (Wildman–Crippen LogP) is 2.76. The molecule has 0 amide bonds. The standard InChI is InChI=1S/C13H14N4O/c1-9-4-6-11(18-9)10-5-7-12(17-16-10)15-13(2,3)8-14/h4-7H,1-3H3,(H,15,17). The van der Waals surface area contributed by atoms with Gasteiger partial charge in [-0.25, -0.2) is 0 Å². The summed E-state index contributed by atoms with van der Waals surface area (Å²) in [5, 5.41) is 20.0. The number of nitrogens with zero attached hydrogens (tertiary/aromatic N) is 3. The zero-order valence-electron chi connectivity index (χ0n) is 10.6. The van der Waals surface area contributed by atoms with E-state index >= 15 is 0 Å². The lowest BCUT2D eigenvalue weighted by Gasteiger charge is -2.17. The summed E-state index contributed by atoms with van der Waals surface area (Å²) in [7, 11) is 0. The SMILES string of the molecule is Cc1ccc(-c2ccc(NC(C)(C)C#N)nn2)o1. The van der Waals surface area contributed by atoms with Gasteiger partial charge in [0.15, 0.2) is 5.76 Å². The molecule has 5 nitrogen and oxygen atoms in total. The van der Waals surface area contributed by atoms with Crippen LogP contribution in [0, 0.1) is 18.3 Å². The summed E-state index contributed by atoms with van der Waals surface area (Å²) in [6.45, 7) is 5.43. The molecule has 0 aromatic carbocycles. The van der Waals surface area contributed by atoms with Crippen molar-refractivity contribution in [2.24, 2.45) is 0 Å². The van der Waals surface area contributed by atoms with Gasteiger partial charge in [0.05, 0.1) is 6.07 Å². The topological polar surface area (TPSA) is 74.7 Å². The highest BCUT2D eigenvalue weighted by Crippen LogP contribution is 2.20. The third kappa shape index (κ3) is 2.66. The first-order valence-corrected chi connectivity index (χ1v) is 5.60. The molecule has 2 aromatic heterocycles. The quantitative estimate of drug-likeness (QED) is 0.895. The Bertz CT molecular complexity index is 578. The Balaban J connectivity index is 2.18. The largest absolute Gasteiger partial charge is 0.460 e. The van der Waals surface area contributed by atoms with Crippen LogP contribution in [0.5, 0.6) is 0 Å². The van der Waals surface area contributed by atoms with Crippen molar-refractivity contribution in [1.29, 1.82) is 5.26 Å². The van der Waals surface area contributed by atoms with Gasteiger partial charge in [0.1, 0.15) is 22.8 Å². The fourth-order valence-corrected chi connectivity index (χ4v) is 1.45. The molecule has 0 fully saturated rings. The van der Waals surface area contributed by atoms with Gasteiger partial charge < -0.3 is 9.73 Å². The van der Waals surface area contributed by atoms with Gasteiger partial charge in [-0.3, -0.25) is 0 Å². The van der Waals surface area contributed by atoms with Crippen molar-refractivity contribution in [3.63, 3.8) is 0 Å². The minimum absolute atomic E-state index is 0.563. The van der Waals surface area contributed by atoms with E-state index < -0.39 is 5.54 Å². The van der Waals surface area contributed by atoms with Crippen LogP contribution < -0.4 is 5.32 Å². The average molecular weight is 242 g/mol. The Morgan fingerprint density at radius 3 is 2.50 bits per heavy atom. The first kappa shape index (κ1) is 12.1. The maximum Gasteiger partial charge on any atom is 0.154 e. The smallest absolute Gasteiger partial charge is 0.154 e. The molecule has 1 N–H and O–H groups in total. The monoisotopic (exact) mass is 242 g/mol. The molecule has 2 heterocycles. The van der Waals surface area contributed by atoms with E-state index in [0.29, 0.717) is 17.3 Å². The molecule has 0 saturated heterocycles. The molecule has 2 rings (SSSR count). The van der Waals surface area contributed by atoms with E-state index in [2.05, 4.69) is 21.6 Å². The summed E-state index contributed by atoms with van der Waals surface area (Å²) in [5.74, 6) is 2.08. The van der Waals surface area contributed by atoms with E-state index in [4.69, 9.17) is 9.68 Å². The van der Waals surface area contributed by atoms with Crippen molar-refractivity contribution in [3.05, 3.63) is 30.0 Å². The van der Waals surface area contributed by atoms with E-state index in [1.807, 2.05) is 19.1 Å². The zero-order chi connectivity index (χ0) is 13.2. The molecule has 92 valence electrons. The highest BCUT2D eigenvalue weighted by Gasteiger charge is 2.16. The van der Waals surface area contributed by atoms with Crippen LogP contribution in [0.1, 0.15) is 19.6 Å². The van der Waals surface area contributed by atoms with Crippen molar-refractivity contribution in [1.82, 2.24) is 10.2 Å². The minimum Gasteiger partial charge on any atom is -0.460 e. The molecular weight excluding hydrogens is 228 g/mol. The molecule has 0 bridgehead atoms. The van der Waals surface area contributed by atoms with Crippen molar-refractivity contribution >= 4 is 5.82 Å². The second-order valence-electron chi connectivity index (χ2n) is 4.58. The molecule has 0 radical (unpaired) electrons. The van der Waals surface area contributed by atoms with E-state index in [9.17, 15) is 0 Å². The number of rotatable bonds is 3. The second kappa shape index (κ2) is 4.49. The molecule has 0 aliphatic rings. The number of aryl methyl sites for hydroxylation is 1. The maximum absolute atomic E-state index is 8.92. The third-order valence-electron chi connectivity index (χ3n) is 2.38. The number of aromatic nitrogens is 2. The van der Waals surface area contributed by atoms with Crippen molar-refractivity contribution in [3.8, 4) is 17.5 Å². The summed E-state index contributed by atoms with van der Waals surface area (Å²) in [4.78, 5) is 0. The number of hydrogen-bond acceptors (Lipinski definition) is 5. The number of furan rings is 1. The molecule has 0 saturated carbocycles. The summed E-state index contributed by atoms with van der Waals surface area (Å²) in [6.07, 6.45) is 0. The van der Waals surface area contributed by atoms with Gasteiger partial charge in [0.25, 0.3) is 0 Å². The highest BCUT2D eigenvalue weighted by atomic mass is 16.3. The first-order chi connectivity index (χ1) is 8.50. The van der Waals surface area contributed by atoms with Crippen molar-refractivity contribution in [2.45, 2.75) is 26.3 Å². The van der Waals surface area contributed by atoms with E-state index in [-0.39, 0.29) is 0 Å². The fourth-order valence-electron chi connectivity index (χ4n) is 1.45. The normalized spacial score (nSPS) is 11.0. The molecule has 0 aliphatic heterocycles. The summed E-state index contributed by atoms with van der Waals surface area (Å²) in [6, 6.07) is 9.46. The van der Waals surface area contributed by atoms with Gasteiger partial charge in [0.2, 0.25) is 0 Å². The average Bonchev–Trinajstić information content (AvgIpc) is 2.76. The van der Waals surface area contributed by atoms with Crippen LogP contribution in [0.2, 0.25) is 0 Å². The van der Waals surface area contributed by atoms with Crippen molar-refractivity contribution < 1.29 is 4.42 Å². The van der Waals surface area contributed by atoms with Crippen molar-refractivity contribution in [2.75, 3.05) is 5.32 Å². The van der Waals surface area contributed by atoms with Crippen LogP contribution in [0.4, 0.5) is 5.82 Å². The molecule has 0 unspecified atom stereocenters. The number of anilines is 1. The lowest BCUT2D eigenvalue weighted by atomic mass is 10.1. The molecule has 2 aromatic rings. The summed E-state index contributed by atoms with van der Waals surface area (Å²) in [5.41, 5.74) is 0.000648. The Kier molecular flexibility index (Phi) is 3.02. The number of nitrogens with one attached hydrogen (secondary N) is 1. The van der Waals surface area contributed by atoms with Gasteiger partial charge in [-0.1, -0.05) is 0 Å². The number of hydrogen-bond donors (Lipinski definition) is 1. The first-order valence-electron chi connectivity index (χ1n) is 5.60. The second-order valence-corrected chi connectivity index (χ2v) is 4.58. The van der Waals surface area contributed by atoms with Crippen LogP contribution in [-0.2, 0) is 0 Å². The fraction of sp³-hybridized carbons (Fsp3) is 0.308. The van der Waals surface area contributed by atoms with Crippen LogP contribution in [0.3, 0.4) is 0 Å². The molecule has 0 aliphatic carbocycles. The van der Waals surface area contributed by atoms with E-state index in [1.165, 1.54) is 0 Å². The zero-order valence-corrected chi connectivity index (χ0v) is 10.6. The highest BCUT2D eigenvalue weighted by molar-refractivity contribution is 5.53. The lowest BCUT2D eigenvalue weighted by Crippen LogP contribution is -2.29. The summed E-state index contributed by atoms with van der Waals surface area (Å²) < 4.78 is 5.46. The van der Waals surface area contributed by atoms with Gasteiger partial charge >= 0.3 is 0 Å². The molecule has 18 heavy (non-hydrogen) atoms. The van der Waals surface area contributed by atoms with Gasteiger partial charge in [-0.05, 0) is 45.0 Å². The Morgan fingerprint density at radius 2 is 2.00 bits per heavy atom. The predicted molar refractivity (Wildman–Crippen MR) is 67.8 cm³/mol. The van der Waals surface area contributed by atoms with Crippen LogP contribution in [0.15, 0.2) is 28.7 Å². The maximum atomic E-state index is 8.92. The Hall–Kier alpha value is -2.35. The number of nitriles is 1. The molecule has 5 heteroatoms. The van der Waals surface area contributed by atoms with E-state index in [0.717, 1.165) is 5.76 Å². The molecule has 0 spiro atoms.